The summed E-state index contributed by atoms with van der Waals surface area (Å²) >= 11 is 0. The topological polar surface area (TPSA) is 59.0 Å². The second-order valence-corrected chi connectivity index (χ2v) is 7.94. The third-order valence-corrected chi connectivity index (χ3v) is 3.93. The Kier molecular flexibility index (Phi) is 6.01. The van der Waals surface area contributed by atoms with E-state index in [1.807, 2.05) is 41.9 Å². The van der Waals surface area contributed by atoms with Crippen molar-refractivity contribution in [2.45, 2.75) is 47.0 Å². The molecule has 0 saturated heterocycles. The van der Waals surface area contributed by atoms with Crippen molar-refractivity contribution in [3.05, 3.63) is 41.6 Å². The minimum atomic E-state index is -0.0939. The van der Waals surface area contributed by atoms with E-state index in [-0.39, 0.29) is 11.3 Å². The number of amides is 1. The number of carbonyl (C=O) groups is 1. The van der Waals surface area contributed by atoms with Crippen LogP contribution >= 0.6 is 0 Å². The molecule has 0 fully saturated rings. The standard InChI is InChI=1S/C20H30N4O/c1-14(2)12-21-13-19(25)22-18-11-17(20(4,5)6)23-24(18)16-10-8-7-9-15(16)3/h7-11,14,21H,12-13H2,1-6H3,(H,22,25). The number of hydrogen-bond donors (Lipinski definition) is 2. The van der Waals surface area contributed by atoms with E-state index < -0.39 is 0 Å². The molecule has 2 aromatic rings. The Morgan fingerprint density at radius 1 is 1.24 bits per heavy atom. The molecule has 5 heteroatoms. The fourth-order valence-electron chi connectivity index (χ4n) is 2.48. The van der Waals surface area contributed by atoms with Gasteiger partial charge in [-0.3, -0.25) is 4.79 Å². The van der Waals surface area contributed by atoms with Crippen LogP contribution in [0.25, 0.3) is 5.69 Å². The highest BCUT2D eigenvalue weighted by Gasteiger charge is 2.21. The van der Waals surface area contributed by atoms with Gasteiger partial charge in [0, 0.05) is 11.5 Å². The smallest absolute Gasteiger partial charge is 0.239 e. The molecule has 0 unspecified atom stereocenters. The third kappa shape index (κ3) is 5.16. The maximum absolute atomic E-state index is 12.3. The molecule has 0 aliphatic heterocycles. The predicted molar refractivity (Wildman–Crippen MR) is 103 cm³/mol. The van der Waals surface area contributed by atoms with Gasteiger partial charge in [-0.2, -0.15) is 5.10 Å². The van der Waals surface area contributed by atoms with Crippen LogP contribution in [0.1, 0.15) is 45.9 Å². The third-order valence-electron chi connectivity index (χ3n) is 3.93. The number of nitrogens with zero attached hydrogens (tertiary/aromatic N) is 2. The van der Waals surface area contributed by atoms with Crippen LogP contribution in [-0.2, 0) is 10.2 Å². The van der Waals surface area contributed by atoms with Crippen LogP contribution in [0, 0.1) is 12.8 Å². The molecule has 0 atom stereocenters. The molecule has 0 radical (unpaired) electrons. The molecule has 0 spiro atoms. The van der Waals surface area contributed by atoms with Crippen LogP contribution in [0.15, 0.2) is 30.3 Å². The van der Waals surface area contributed by atoms with Gasteiger partial charge in [0.15, 0.2) is 0 Å². The van der Waals surface area contributed by atoms with Gasteiger partial charge in [0.25, 0.3) is 0 Å². The zero-order valence-corrected chi connectivity index (χ0v) is 16.2. The molecular formula is C20H30N4O. The molecule has 5 nitrogen and oxygen atoms in total. The maximum Gasteiger partial charge on any atom is 0.239 e. The molecule has 2 N–H and O–H groups in total. The first-order valence-electron chi connectivity index (χ1n) is 8.85. The van der Waals surface area contributed by atoms with Gasteiger partial charge < -0.3 is 10.6 Å². The number of aryl methyl sites for hydroxylation is 1. The van der Waals surface area contributed by atoms with Crippen molar-refractivity contribution in [3.8, 4) is 5.69 Å². The van der Waals surface area contributed by atoms with E-state index in [0.717, 1.165) is 23.5 Å². The number of anilines is 1. The lowest BCUT2D eigenvalue weighted by Crippen LogP contribution is -2.31. The normalized spacial score (nSPS) is 11.8. The molecule has 0 saturated carbocycles. The maximum atomic E-state index is 12.3. The van der Waals surface area contributed by atoms with Crippen LogP contribution in [0.3, 0.4) is 0 Å². The molecular weight excluding hydrogens is 312 g/mol. The predicted octanol–water partition coefficient (Wildman–Crippen LogP) is 3.66. The van der Waals surface area contributed by atoms with Crippen LogP contribution in [0.4, 0.5) is 5.82 Å². The number of carbonyl (C=O) groups excluding carboxylic acids is 1. The second-order valence-electron chi connectivity index (χ2n) is 7.94. The number of hydrogen-bond acceptors (Lipinski definition) is 3. The summed E-state index contributed by atoms with van der Waals surface area (Å²) < 4.78 is 1.83. The molecule has 136 valence electrons. The lowest BCUT2D eigenvalue weighted by molar-refractivity contribution is -0.115. The fraction of sp³-hybridized carbons (Fsp3) is 0.500. The first-order valence-corrected chi connectivity index (χ1v) is 8.85. The average Bonchev–Trinajstić information content (AvgIpc) is 2.91. The number of aromatic nitrogens is 2. The van der Waals surface area contributed by atoms with Crippen LogP contribution in [0.2, 0.25) is 0 Å². The van der Waals surface area contributed by atoms with Gasteiger partial charge in [0.1, 0.15) is 5.82 Å². The summed E-state index contributed by atoms with van der Waals surface area (Å²) in [6.45, 7) is 13.7. The van der Waals surface area contributed by atoms with E-state index >= 15 is 0 Å². The number of benzene rings is 1. The van der Waals surface area contributed by atoms with E-state index in [4.69, 9.17) is 5.10 Å². The van der Waals surface area contributed by atoms with Gasteiger partial charge in [0.2, 0.25) is 5.91 Å². The Morgan fingerprint density at radius 3 is 2.52 bits per heavy atom. The largest absolute Gasteiger partial charge is 0.309 e. The zero-order chi connectivity index (χ0) is 18.6. The fourth-order valence-corrected chi connectivity index (χ4v) is 2.48. The minimum absolute atomic E-state index is 0.0594. The monoisotopic (exact) mass is 342 g/mol. The Morgan fingerprint density at radius 2 is 1.92 bits per heavy atom. The van der Waals surface area contributed by atoms with Crippen molar-refractivity contribution < 1.29 is 4.79 Å². The van der Waals surface area contributed by atoms with Gasteiger partial charge in [-0.1, -0.05) is 52.8 Å². The minimum Gasteiger partial charge on any atom is -0.309 e. The van der Waals surface area contributed by atoms with Crippen LogP contribution in [0.5, 0.6) is 0 Å². The zero-order valence-electron chi connectivity index (χ0n) is 16.2. The summed E-state index contributed by atoms with van der Waals surface area (Å²) in [5.41, 5.74) is 2.94. The molecule has 1 amide bonds. The van der Waals surface area contributed by atoms with E-state index in [0.29, 0.717) is 18.3 Å². The highest BCUT2D eigenvalue weighted by Crippen LogP contribution is 2.27. The van der Waals surface area contributed by atoms with Crippen molar-refractivity contribution >= 4 is 11.7 Å². The quantitative estimate of drug-likeness (QED) is 0.842. The molecule has 2 rings (SSSR count). The summed E-state index contributed by atoms with van der Waals surface area (Å²) in [6, 6.07) is 10.0. The highest BCUT2D eigenvalue weighted by atomic mass is 16.2. The SMILES string of the molecule is Cc1ccccc1-n1nc(C(C)(C)C)cc1NC(=O)CNCC(C)C. The summed E-state index contributed by atoms with van der Waals surface area (Å²) in [7, 11) is 0. The van der Waals surface area contributed by atoms with E-state index in [1.165, 1.54) is 0 Å². The van der Waals surface area contributed by atoms with Crippen LogP contribution < -0.4 is 10.6 Å². The molecule has 1 aromatic heterocycles. The Labute approximate surface area is 150 Å². The lowest BCUT2D eigenvalue weighted by Gasteiger charge is -2.14. The first-order chi connectivity index (χ1) is 11.7. The van der Waals surface area contributed by atoms with Gasteiger partial charge in [-0.05, 0) is 31.0 Å². The van der Waals surface area contributed by atoms with E-state index in [1.54, 1.807) is 0 Å². The lowest BCUT2D eigenvalue weighted by atomic mass is 9.92. The van der Waals surface area contributed by atoms with Gasteiger partial charge in [0.05, 0.1) is 17.9 Å². The molecule has 1 aromatic carbocycles. The molecule has 0 aliphatic carbocycles. The van der Waals surface area contributed by atoms with Crippen LogP contribution in [-0.4, -0.2) is 28.8 Å². The molecule has 1 heterocycles. The summed E-state index contributed by atoms with van der Waals surface area (Å²) in [6.07, 6.45) is 0. The van der Waals surface area contributed by atoms with E-state index in [2.05, 4.69) is 45.3 Å². The summed E-state index contributed by atoms with van der Waals surface area (Å²) in [5.74, 6) is 1.16. The first kappa shape index (κ1) is 19.2. The van der Waals surface area contributed by atoms with Crippen molar-refractivity contribution in [1.29, 1.82) is 0 Å². The van der Waals surface area contributed by atoms with Gasteiger partial charge >= 0.3 is 0 Å². The van der Waals surface area contributed by atoms with Crippen molar-refractivity contribution in [2.24, 2.45) is 5.92 Å². The highest BCUT2D eigenvalue weighted by molar-refractivity contribution is 5.91. The number of nitrogens with one attached hydrogen (secondary N) is 2. The Bertz CT molecular complexity index is 726. The van der Waals surface area contributed by atoms with Crippen molar-refractivity contribution in [3.63, 3.8) is 0 Å². The van der Waals surface area contributed by atoms with Gasteiger partial charge in [-0.25, -0.2) is 4.68 Å². The second kappa shape index (κ2) is 7.83. The van der Waals surface area contributed by atoms with Crippen molar-refractivity contribution in [1.82, 2.24) is 15.1 Å². The number of rotatable bonds is 6. The summed E-state index contributed by atoms with van der Waals surface area (Å²) in [5, 5.41) is 10.9. The summed E-state index contributed by atoms with van der Waals surface area (Å²) in [4.78, 5) is 12.3. The van der Waals surface area contributed by atoms with Gasteiger partial charge in [-0.15, -0.1) is 0 Å². The number of para-hydroxylation sites is 1. The Hall–Kier alpha value is -2.14. The molecule has 0 bridgehead atoms. The molecule has 0 aliphatic rings. The van der Waals surface area contributed by atoms with E-state index in [9.17, 15) is 4.79 Å². The van der Waals surface area contributed by atoms with Crippen molar-refractivity contribution in [2.75, 3.05) is 18.4 Å². The molecule has 25 heavy (non-hydrogen) atoms. The average molecular weight is 342 g/mol. The Balaban J connectivity index is 2.28.